The lowest BCUT2D eigenvalue weighted by molar-refractivity contribution is 0.402. The van der Waals surface area contributed by atoms with E-state index in [9.17, 15) is 4.39 Å². The third kappa shape index (κ3) is 5.07. The summed E-state index contributed by atoms with van der Waals surface area (Å²) in [7, 11) is 0.723. The Bertz CT molecular complexity index is 689. The molecule has 1 heterocycles. The highest BCUT2D eigenvalue weighted by Crippen LogP contribution is 2.41. The van der Waals surface area contributed by atoms with Crippen molar-refractivity contribution in [2.24, 2.45) is 0 Å². The summed E-state index contributed by atoms with van der Waals surface area (Å²) in [5, 5.41) is 3.33. The van der Waals surface area contributed by atoms with Gasteiger partial charge in [-0.1, -0.05) is 32.6 Å². The van der Waals surface area contributed by atoms with Gasteiger partial charge in [-0.15, -0.1) is 8.58 Å². The molecule has 0 amide bonds. The molecule has 24 heavy (non-hydrogen) atoms. The van der Waals surface area contributed by atoms with E-state index in [0.717, 1.165) is 32.5 Å². The van der Waals surface area contributed by atoms with Gasteiger partial charge in [0.05, 0.1) is 12.5 Å². The van der Waals surface area contributed by atoms with E-state index in [4.69, 9.17) is 4.74 Å². The number of halogens is 1. The monoisotopic (exact) mass is 345 g/mol. The van der Waals surface area contributed by atoms with E-state index >= 15 is 0 Å². The normalized spacial score (nSPS) is 17.8. The molecule has 0 aromatic heterocycles. The van der Waals surface area contributed by atoms with E-state index in [2.05, 4.69) is 31.8 Å². The summed E-state index contributed by atoms with van der Waals surface area (Å²) in [5.41, 5.74) is 3.70. The molecule has 4 heteroatoms. The lowest BCUT2D eigenvalue weighted by atomic mass is 9.94. The minimum atomic E-state index is -0.167. The second-order valence-electron chi connectivity index (χ2n) is 6.32. The summed E-state index contributed by atoms with van der Waals surface area (Å²) in [6.07, 6.45) is 10.2. The molecular formula is C20H25FNOP. The fourth-order valence-corrected chi connectivity index (χ4v) is 3.84. The summed E-state index contributed by atoms with van der Waals surface area (Å²) in [4.78, 5) is 0. The van der Waals surface area contributed by atoms with E-state index in [1.54, 1.807) is 31.6 Å². The lowest BCUT2D eigenvalue weighted by Gasteiger charge is -2.29. The third-order valence-corrected chi connectivity index (χ3v) is 5.63. The molecule has 1 unspecified atom stereocenters. The maximum absolute atomic E-state index is 13.6. The maximum Gasteiger partial charge on any atom is 0.128 e. The van der Waals surface area contributed by atoms with Crippen LogP contribution < -0.4 is 5.32 Å². The Kier molecular flexibility index (Phi) is 6.39. The molecule has 1 aliphatic rings. The molecular weight excluding hydrogens is 320 g/mol. The minimum Gasteiger partial charge on any atom is -0.473 e. The maximum atomic E-state index is 13.6. The molecule has 1 aliphatic heterocycles. The van der Waals surface area contributed by atoms with Crippen molar-refractivity contribution in [1.29, 1.82) is 0 Å². The van der Waals surface area contributed by atoms with E-state index in [1.807, 2.05) is 18.2 Å². The first-order valence-electron chi connectivity index (χ1n) is 8.04. The first-order chi connectivity index (χ1) is 11.4. The van der Waals surface area contributed by atoms with Crippen LogP contribution in [0.25, 0.3) is 0 Å². The van der Waals surface area contributed by atoms with E-state index in [-0.39, 0.29) is 11.0 Å². The van der Waals surface area contributed by atoms with Crippen molar-refractivity contribution in [2.75, 3.05) is 18.0 Å². The smallest absolute Gasteiger partial charge is 0.128 e. The minimum absolute atomic E-state index is 0.0311. The van der Waals surface area contributed by atoms with E-state index in [1.165, 1.54) is 5.57 Å². The molecule has 0 saturated carbocycles. The topological polar surface area (TPSA) is 21.3 Å². The van der Waals surface area contributed by atoms with Gasteiger partial charge < -0.3 is 10.1 Å². The zero-order valence-corrected chi connectivity index (χ0v) is 15.5. The van der Waals surface area contributed by atoms with Gasteiger partial charge in [0.1, 0.15) is 5.82 Å². The van der Waals surface area contributed by atoms with Crippen LogP contribution in [-0.4, -0.2) is 17.9 Å². The number of benzene rings is 1. The Morgan fingerprint density at radius 2 is 2.08 bits per heavy atom. The van der Waals surface area contributed by atoms with Gasteiger partial charge in [-0.3, -0.25) is 0 Å². The zero-order chi connectivity index (χ0) is 17.6. The number of ether oxygens (including phenoxy) is 1. The number of rotatable bonds is 6. The van der Waals surface area contributed by atoms with Crippen LogP contribution in [0.3, 0.4) is 0 Å². The molecule has 128 valence electrons. The Balaban J connectivity index is 1.91. The molecule has 0 bridgehead atoms. The van der Waals surface area contributed by atoms with Gasteiger partial charge in [0, 0.05) is 17.4 Å². The van der Waals surface area contributed by atoms with Crippen LogP contribution in [0.1, 0.15) is 19.4 Å². The second kappa shape index (κ2) is 8.30. The number of anilines is 1. The molecule has 0 saturated heterocycles. The average molecular weight is 345 g/mol. The Morgan fingerprint density at radius 1 is 1.29 bits per heavy atom. The predicted molar refractivity (Wildman–Crippen MR) is 103 cm³/mol. The average Bonchev–Trinajstić information content (AvgIpc) is 2.51. The molecule has 2 nitrogen and oxygen atoms in total. The van der Waals surface area contributed by atoms with Crippen molar-refractivity contribution in [1.82, 2.24) is 0 Å². The number of allylic oxidation sites excluding steroid dienone is 5. The van der Waals surface area contributed by atoms with Gasteiger partial charge in [-0.05, 0) is 54.1 Å². The summed E-state index contributed by atoms with van der Waals surface area (Å²) >= 11 is 0. The summed E-state index contributed by atoms with van der Waals surface area (Å²) < 4.78 is 18.7. The van der Waals surface area contributed by atoms with Gasteiger partial charge in [-0.2, -0.15) is 0 Å². The zero-order valence-electron chi connectivity index (χ0n) is 14.5. The molecule has 0 aliphatic carbocycles. The third-order valence-electron chi connectivity index (χ3n) is 3.98. The largest absolute Gasteiger partial charge is 0.473 e. The highest BCUT2D eigenvalue weighted by molar-refractivity contribution is 7.40. The van der Waals surface area contributed by atoms with Gasteiger partial charge in [0.25, 0.3) is 0 Å². The molecule has 0 spiro atoms. The van der Waals surface area contributed by atoms with Crippen molar-refractivity contribution in [3.05, 3.63) is 78.1 Å². The fourth-order valence-electron chi connectivity index (χ4n) is 2.53. The molecule has 2 rings (SSSR count). The van der Waals surface area contributed by atoms with E-state index < -0.39 is 0 Å². The van der Waals surface area contributed by atoms with Crippen LogP contribution in [0.5, 0.6) is 0 Å². The number of hydrogen-bond acceptors (Lipinski definition) is 2. The molecule has 0 radical (unpaired) electrons. The highest BCUT2D eigenvalue weighted by Gasteiger charge is 2.24. The van der Waals surface area contributed by atoms with Gasteiger partial charge in [0.15, 0.2) is 0 Å². The molecule has 1 atom stereocenters. The molecule has 1 aromatic carbocycles. The Morgan fingerprint density at radius 3 is 2.83 bits per heavy atom. The van der Waals surface area contributed by atoms with Crippen LogP contribution in [0, 0.1) is 12.7 Å². The first kappa shape index (κ1) is 18.5. The van der Waals surface area contributed by atoms with Crippen LogP contribution in [0.2, 0.25) is 0 Å². The fraction of sp³-hybridized carbons (Fsp3) is 0.300. The lowest BCUT2D eigenvalue weighted by Crippen LogP contribution is -2.20. The summed E-state index contributed by atoms with van der Waals surface area (Å²) in [6.45, 7) is 11.2. The number of hydrogen-bond donors (Lipinski definition) is 1. The van der Waals surface area contributed by atoms with Gasteiger partial charge >= 0.3 is 0 Å². The molecule has 1 N–H and O–H groups in total. The van der Waals surface area contributed by atoms with Crippen LogP contribution in [-0.2, 0) is 4.74 Å². The second-order valence-corrected chi connectivity index (χ2v) is 8.42. The van der Waals surface area contributed by atoms with Crippen molar-refractivity contribution >= 4 is 14.3 Å². The van der Waals surface area contributed by atoms with E-state index in [0.29, 0.717) is 5.56 Å². The molecule has 0 fully saturated rings. The van der Waals surface area contributed by atoms with Crippen LogP contribution >= 0.6 is 8.58 Å². The quantitative estimate of drug-likeness (QED) is 0.540. The van der Waals surface area contributed by atoms with Crippen LogP contribution in [0.15, 0.2) is 66.7 Å². The SMILES string of the molecule is C=C1/C=C\O/C=C\C=C1C(C)(C)PCCNc1ccc(C)c(F)c1. The standard InChI is InChI=1S/C20H25FNOP/c1-15-9-12-23-11-5-6-18(15)20(3,4)24-13-10-22-17-8-7-16(2)19(21)14-17/h5-9,11-12,14,22,24H,1,10,13H2,2-4H3/b11-5-,12-9-,18-6?. The first-order valence-corrected chi connectivity index (χ1v) is 9.24. The summed E-state index contributed by atoms with van der Waals surface area (Å²) in [6, 6.07) is 5.27. The summed E-state index contributed by atoms with van der Waals surface area (Å²) in [5.74, 6) is -0.167. The predicted octanol–water partition coefficient (Wildman–Crippen LogP) is 5.54. The van der Waals surface area contributed by atoms with Crippen LogP contribution in [0.4, 0.5) is 10.1 Å². The Labute approximate surface area is 146 Å². The molecule has 1 aromatic rings. The van der Waals surface area contributed by atoms with Crippen molar-refractivity contribution in [3.63, 3.8) is 0 Å². The van der Waals surface area contributed by atoms with Crippen molar-refractivity contribution in [3.8, 4) is 0 Å². The van der Waals surface area contributed by atoms with Crippen molar-refractivity contribution in [2.45, 2.75) is 25.9 Å². The van der Waals surface area contributed by atoms with Gasteiger partial charge in [0.2, 0.25) is 0 Å². The van der Waals surface area contributed by atoms with Gasteiger partial charge in [-0.25, -0.2) is 4.39 Å². The number of nitrogens with one attached hydrogen (secondary N) is 1. The van der Waals surface area contributed by atoms with Crippen molar-refractivity contribution < 1.29 is 9.13 Å². The highest BCUT2D eigenvalue weighted by atomic mass is 31.1. The number of aryl methyl sites for hydroxylation is 1. The Hall–Kier alpha value is -1.86.